The van der Waals surface area contributed by atoms with Gasteiger partial charge in [-0.2, -0.15) is 10.5 Å². The van der Waals surface area contributed by atoms with E-state index in [2.05, 4.69) is 0 Å². The molecule has 0 aliphatic heterocycles. The van der Waals surface area contributed by atoms with E-state index in [1.54, 1.807) is 36.4 Å². The molecule has 2 aromatic rings. The topological polar surface area (TPSA) is 77.8 Å². The van der Waals surface area contributed by atoms with Gasteiger partial charge in [0.25, 0.3) is 0 Å². The number of nitriles is 2. The van der Waals surface area contributed by atoms with Crippen molar-refractivity contribution < 1.29 is 4.42 Å². The maximum absolute atomic E-state index is 11.0. The van der Waals surface area contributed by atoms with Crippen LogP contribution in [0.4, 0.5) is 0 Å². The fraction of sp³-hybridized carbons (Fsp3) is 0. The van der Waals surface area contributed by atoms with Gasteiger partial charge in [0, 0.05) is 11.5 Å². The van der Waals surface area contributed by atoms with Crippen molar-refractivity contribution in [1.82, 2.24) is 0 Å². The predicted octanol–water partition coefficient (Wildman–Crippen LogP) is 2.22. The third-order valence-corrected chi connectivity index (χ3v) is 2.20. The smallest absolute Gasteiger partial charge is 0.336 e. The van der Waals surface area contributed by atoms with Gasteiger partial charge >= 0.3 is 5.63 Å². The quantitative estimate of drug-likeness (QED) is 0.547. The molecule has 1 heterocycles. The third-order valence-electron chi connectivity index (χ3n) is 2.20. The van der Waals surface area contributed by atoms with E-state index in [1.807, 2.05) is 0 Å². The van der Waals surface area contributed by atoms with E-state index in [4.69, 9.17) is 14.9 Å². The predicted molar refractivity (Wildman–Crippen MR) is 61.7 cm³/mol. The Bertz CT molecular complexity index is 726. The fourth-order valence-electron chi connectivity index (χ4n) is 1.44. The van der Waals surface area contributed by atoms with Crippen molar-refractivity contribution in [3.8, 4) is 12.1 Å². The standard InChI is InChI=1S/C13H6N2O2/c14-7-10(8-15)5-9-1-3-12-11(6-9)2-4-13(16)17-12/h1-6H. The number of fused-ring (bicyclic) bond motifs is 1. The van der Waals surface area contributed by atoms with Crippen LogP contribution in [-0.4, -0.2) is 0 Å². The first-order valence-corrected chi connectivity index (χ1v) is 4.79. The molecule has 0 bridgehead atoms. The van der Waals surface area contributed by atoms with Gasteiger partial charge in [-0.15, -0.1) is 0 Å². The van der Waals surface area contributed by atoms with Gasteiger partial charge in [-0.1, -0.05) is 6.07 Å². The summed E-state index contributed by atoms with van der Waals surface area (Å²) >= 11 is 0. The minimum atomic E-state index is -0.407. The van der Waals surface area contributed by atoms with Gasteiger partial charge in [0.05, 0.1) is 0 Å². The van der Waals surface area contributed by atoms with Gasteiger partial charge in [-0.3, -0.25) is 0 Å². The van der Waals surface area contributed by atoms with Gasteiger partial charge < -0.3 is 4.42 Å². The molecule has 0 aliphatic carbocycles. The van der Waals surface area contributed by atoms with Crippen LogP contribution in [0.15, 0.2) is 45.1 Å². The van der Waals surface area contributed by atoms with E-state index in [9.17, 15) is 4.79 Å². The first kappa shape index (κ1) is 10.7. The lowest BCUT2D eigenvalue weighted by molar-refractivity contribution is 0.561. The minimum Gasteiger partial charge on any atom is -0.423 e. The molecular weight excluding hydrogens is 216 g/mol. The molecule has 0 saturated heterocycles. The molecule has 2 rings (SSSR count). The number of rotatable bonds is 1. The van der Waals surface area contributed by atoms with Crippen molar-refractivity contribution in [2.75, 3.05) is 0 Å². The molecule has 0 N–H and O–H groups in total. The molecule has 1 aromatic heterocycles. The molecule has 4 heteroatoms. The van der Waals surface area contributed by atoms with Crippen molar-refractivity contribution >= 4 is 17.0 Å². The Balaban J connectivity index is 2.58. The largest absolute Gasteiger partial charge is 0.423 e. The highest BCUT2D eigenvalue weighted by molar-refractivity contribution is 5.80. The Kier molecular flexibility index (Phi) is 2.72. The van der Waals surface area contributed by atoms with Gasteiger partial charge in [-0.05, 0) is 29.8 Å². The lowest BCUT2D eigenvalue weighted by atomic mass is 10.1. The number of hydrogen-bond donors (Lipinski definition) is 0. The molecule has 0 saturated carbocycles. The maximum Gasteiger partial charge on any atom is 0.336 e. The molecule has 17 heavy (non-hydrogen) atoms. The van der Waals surface area contributed by atoms with Crippen molar-refractivity contribution in [3.05, 3.63) is 51.9 Å². The highest BCUT2D eigenvalue weighted by Crippen LogP contribution is 2.16. The summed E-state index contributed by atoms with van der Waals surface area (Å²) in [4.78, 5) is 11.0. The van der Waals surface area contributed by atoms with Gasteiger partial charge in [0.1, 0.15) is 23.3 Å². The first-order valence-electron chi connectivity index (χ1n) is 4.79. The summed E-state index contributed by atoms with van der Waals surface area (Å²) in [5.74, 6) is 0. The van der Waals surface area contributed by atoms with Crippen LogP contribution in [-0.2, 0) is 0 Å². The fourth-order valence-corrected chi connectivity index (χ4v) is 1.44. The van der Waals surface area contributed by atoms with E-state index in [1.165, 1.54) is 12.1 Å². The molecule has 0 radical (unpaired) electrons. The molecular formula is C13H6N2O2. The van der Waals surface area contributed by atoms with E-state index < -0.39 is 5.63 Å². The van der Waals surface area contributed by atoms with Crippen LogP contribution in [0.25, 0.3) is 17.0 Å². The zero-order chi connectivity index (χ0) is 12.3. The molecule has 4 nitrogen and oxygen atoms in total. The monoisotopic (exact) mass is 222 g/mol. The lowest BCUT2D eigenvalue weighted by Gasteiger charge is -1.97. The summed E-state index contributed by atoms with van der Waals surface area (Å²) in [6.07, 6.45) is 1.48. The highest BCUT2D eigenvalue weighted by Gasteiger charge is 1.99. The summed E-state index contributed by atoms with van der Waals surface area (Å²) in [6, 6.07) is 11.6. The molecule has 0 spiro atoms. The molecule has 0 amide bonds. The zero-order valence-electron chi connectivity index (χ0n) is 8.68. The number of benzene rings is 1. The maximum atomic E-state index is 11.0. The van der Waals surface area contributed by atoms with Crippen molar-refractivity contribution in [3.63, 3.8) is 0 Å². The Hall–Kier alpha value is -2.85. The van der Waals surface area contributed by atoms with Crippen molar-refractivity contribution in [2.45, 2.75) is 0 Å². The Labute approximate surface area is 96.6 Å². The van der Waals surface area contributed by atoms with Gasteiger partial charge in [0.2, 0.25) is 0 Å². The Morgan fingerprint density at radius 2 is 1.94 bits per heavy atom. The second-order valence-electron chi connectivity index (χ2n) is 3.33. The average Bonchev–Trinajstić information content (AvgIpc) is 2.36. The van der Waals surface area contributed by atoms with Crippen LogP contribution in [0.1, 0.15) is 5.56 Å². The number of nitrogens with zero attached hydrogens (tertiary/aromatic N) is 2. The van der Waals surface area contributed by atoms with Crippen LogP contribution in [0.2, 0.25) is 0 Å². The second-order valence-corrected chi connectivity index (χ2v) is 3.33. The molecule has 0 atom stereocenters. The molecule has 80 valence electrons. The van der Waals surface area contributed by atoms with Crippen molar-refractivity contribution in [2.24, 2.45) is 0 Å². The summed E-state index contributed by atoms with van der Waals surface area (Å²) in [6.45, 7) is 0. The van der Waals surface area contributed by atoms with Crippen LogP contribution < -0.4 is 5.63 Å². The highest BCUT2D eigenvalue weighted by atomic mass is 16.4. The lowest BCUT2D eigenvalue weighted by Crippen LogP contribution is -1.94. The Morgan fingerprint density at radius 1 is 1.18 bits per heavy atom. The van der Waals surface area contributed by atoms with E-state index >= 15 is 0 Å². The zero-order valence-corrected chi connectivity index (χ0v) is 8.68. The summed E-state index contributed by atoms with van der Waals surface area (Å²) < 4.78 is 4.97. The first-order chi connectivity index (χ1) is 8.22. The summed E-state index contributed by atoms with van der Waals surface area (Å²) in [5, 5.41) is 18.0. The van der Waals surface area contributed by atoms with Gasteiger partial charge in [0.15, 0.2) is 0 Å². The number of hydrogen-bond acceptors (Lipinski definition) is 4. The molecule has 0 aliphatic rings. The van der Waals surface area contributed by atoms with Crippen LogP contribution in [0.3, 0.4) is 0 Å². The van der Waals surface area contributed by atoms with Crippen molar-refractivity contribution in [1.29, 1.82) is 10.5 Å². The molecule has 0 unspecified atom stereocenters. The van der Waals surface area contributed by atoms with Crippen LogP contribution >= 0.6 is 0 Å². The third kappa shape index (κ3) is 2.22. The summed E-state index contributed by atoms with van der Waals surface area (Å²) in [7, 11) is 0. The molecule has 1 aromatic carbocycles. The molecule has 0 fully saturated rings. The van der Waals surface area contributed by atoms with E-state index in [0.717, 1.165) is 5.39 Å². The van der Waals surface area contributed by atoms with E-state index in [-0.39, 0.29) is 5.57 Å². The van der Waals surface area contributed by atoms with Crippen LogP contribution in [0.5, 0.6) is 0 Å². The number of allylic oxidation sites excluding steroid dienone is 1. The van der Waals surface area contributed by atoms with Crippen LogP contribution in [0, 0.1) is 22.7 Å². The second kappa shape index (κ2) is 4.34. The SMILES string of the molecule is N#CC(C#N)=Cc1ccc2oc(=O)ccc2c1. The Morgan fingerprint density at radius 3 is 2.65 bits per heavy atom. The average molecular weight is 222 g/mol. The minimum absolute atomic E-state index is 0.0294. The normalized spacial score (nSPS) is 9.29. The summed E-state index contributed by atoms with van der Waals surface area (Å²) in [5.41, 5.74) is 0.812. The van der Waals surface area contributed by atoms with E-state index in [0.29, 0.717) is 11.1 Å². The van der Waals surface area contributed by atoms with Gasteiger partial charge in [-0.25, -0.2) is 4.79 Å².